The average molecular weight is 456 g/mol. The van der Waals surface area contributed by atoms with Crippen LogP contribution in [0.2, 0.25) is 0 Å². The van der Waals surface area contributed by atoms with Crippen LogP contribution < -0.4 is 10.2 Å². The van der Waals surface area contributed by atoms with Gasteiger partial charge in [0.05, 0.1) is 22.4 Å². The Morgan fingerprint density at radius 2 is 1.73 bits per heavy atom. The zero-order chi connectivity index (χ0) is 22.8. The van der Waals surface area contributed by atoms with Crippen LogP contribution in [0.15, 0.2) is 41.3 Å². The van der Waals surface area contributed by atoms with Crippen LogP contribution in [-0.4, -0.2) is 35.2 Å². The van der Waals surface area contributed by atoms with E-state index in [-0.39, 0.29) is 6.07 Å². The number of nitrogens with zero attached hydrogens (tertiary/aromatic N) is 1. The van der Waals surface area contributed by atoms with Gasteiger partial charge >= 0.3 is 17.7 Å². The summed E-state index contributed by atoms with van der Waals surface area (Å²) in [4.78, 5) is 23.5. The second-order valence-corrected chi connectivity index (χ2v) is 7.22. The molecule has 30 heavy (non-hydrogen) atoms. The summed E-state index contributed by atoms with van der Waals surface area (Å²) in [6.45, 7) is 0. The Hall–Kier alpha value is -2.80. The van der Waals surface area contributed by atoms with Crippen LogP contribution in [0.4, 0.5) is 41.2 Å². The van der Waals surface area contributed by atoms with Crippen molar-refractivity contribution in [3.63, 3.8) is 0 Å². The van der Waals surface area contributed by atoms with E-state index in [0.29, 0.717) is 17.0 Å². The highest BCUT2D eigenvalue weighted by Crippen LogP contribution is 2.35. The van der Waals surface area contributed by atoms with E-state index < -0.39 is 68.4 Å². The van der Waals surface area contributed by atoms with Gasteiger partial charge in [0.25, 0.3) is 5.91 Å². The third kappa shape index (κ3) is 4.67. The van der Waals surface area contributed by atoms with E-state index in [2.05, 4.69) is 0 Å². The standard InChI is InChI=1S/C17H11F7N2O3S/c1-26(16(28)25-14(27)9-3-2-4-10(18)13(9)20)12-6-5-8(7-11(12)19)30(29)17(23,24)15(21)22/h2-7,15H,1H3,(H,25,27,28). The minimum atomic E-state index is -4.93. The molecular formula is C17H11F7N2O3S. The van der Waals surface area contributed by atoms with Gasteiger partial charge in [0.1, 0.15) is 0 Å². The molecule has 0 aromatic heterocycles. The fourth-order valence-electron chi connectivity index (χ4n) is 2.15. The number of rotatable bonds is 5. The fourth-order valence-corrected chi connectivity index (χ4v) is 3.03. The third-order valence-electron chi connectivity index (χ3n) is 3.72. The first-order valence-electron chi connectivity index (χ1n) is 7.78. The van der Waals surface area contributed by atoms with Gasteiger partial charge in [0, 0.05) is 13.1 Å². The van der Waals surface area contributed by atoms with E-state index in [1.807, 2.05) is 0 Å². The highest BCUT2D eigenvalue weighted by molar-refractivity contribution is 7.92. The number of benzene rings is 2. The Labute approximate surface area is 167 Å². The zero-order valence-corrected chi connectivity index (χ0v) is 15.6. The minimum absolute atomic E-state index is 0.263. The number of urea groups is 1. The summed E-state index contributed by atoms with van der Waals surface area (Å²) in [6.07, 6.45) is -4.26. The van der Waals surface area contributed by atoms with Crippen LogP contribution in [0.25, 0.3) is 0 Å². The van der Waals surface area contributed by atoms with Gasteiger partial charge in [-0.3, -0.25) is 15.0 Å². The van der Waals surface area contributed by atoms with Crippen molar-refractivity contribution in [1.29, 1.82) is 0 Å². The molecule has 0 fully saturated rings. The van der Waals surface area contributed by atoms with Crippen molar-refractivity contribution in [3.8, 4) is 0 Å². The molecule has 0 saturated heterocycles. The van der Waals surface area contributed by atoms with E-state index >= 15 is 0 Å². The molecule has 2 rings (SSSR count). The van der Waals surface area contributed by atoms with Crippen LogP contribution >= 0.6 is 0 Å². The van der Waals surface area contributed by atoms with Crippen LogP contribution in [0.1, 0.15) is 10.4 Å². The smallest absolute Gasteiger partial charge is 0.473 e. The van der Waals surface area contributed by atoms with Crippen LogP contribution in [0.3, 0.4) is 0 Å². The third-order valence-corrected chi connectivity index (χ3v) is 5.07. The molecule has 2 aromatic carbocycles. The molecule has 0 spiro atoms. The summed E-state index contributed by atoms with van der Waals surface area (Å²) in [7, 11) is 0.938. The highest BCUT2D eigenvalue weighted by Gasteiger charge is 2.54. The second kappa shape index (κ2) is 8.92. The van der Waals surface area contributed by atoms with E-state index in [4.69, 9.17) is 0 Å². The molecule has 162 valence electrons. The second-order valence-electron chi connectivity index (χ2n) is 5.66. The Kier molecular flexibility index (Phi) is 6.98. The SMILES string of the molecule is CN(C(=O)NC(=O)c1cccc(F)c1F)c1ccc([S+]([O-])C(F)(F)C(F)F)cc1F. The van der Waals surface area contributed by atoms with E-state index in [0.717, 1.165) is 25.2 Å². The van der Waals surface area contributed by atoms with Gasteiger partial charge in [0.2, 0.25) is 0 Å². The summed E-state index contributed by atoms with van der Waals surface area (Å²) in [6, 6.07) is 2.90. The maximum Gasteiger partial charge on any atom is 0.473 e. The average Bonchev–Trinajstić information content (AvgIpc) is 2.68. The number of imide groups is 1. The lowest BCUT2D eigenvalue weighted by molar-refractivity contribution is -0.0636. The summed E-state index contributed by atoms with van der Waals surface area (Å²) in [5.74, 6) is -5.62. The normalized spacial score (nSPS) is 12.6. The van der Waals surface area contributed by atoms with Crippen molar-refractivity contribution >= 4 is 28.8 Å². The maximum atomic E-state index is 14.2. The summed E-state index contributed by atoms with van der Waals surface area (Å²) in [5.41, 5.74) is -1.42. The molecule has 3 amide bonds. The predicted molar refractivity (Wildman–Crippen MR) is 91.4 cm³/mol. The molecule has 0 saturated carbocycles. The number of carbonyl (C=O) groups is 2. The quantitative estimate of drug-likeness (QED) is 0.545. The Morgan fingerprint density at radius 1 is 1.10 bits per heavy atom. The molecule has 1 unspecified atom stereocenters. The van der Waals surface area contributed by atoms with Crippen molar-refractivity contribution in [2.75, 3.05) is 11.9 Å². The monoisotopic (exact) mass is 456 g/mol. The lowest BCUT2D eigenvalue weighted by Gasteiger charge is -2.21. The first kappa shape index (κ1) is 23.5. The fraction of sp³-hybridized carbons (Fsp3) is 0.176. The first-order valence-corrected chi connectivity index (χ1v) is 8.93. The molecule has 1 N–H and O–H groups in total. The summed E-state index contributed by atoms with van der Waals surface area (Å²) >= 11 is -3.58. The van der Waals surface area contributed by atoms with E-state index in [9.17, 15) is 44.9 Å². The maximum absolute atomic E-state index is 14.2. The molecule has 13 heteroatoms. The van der Waals surface area contributed by atoms with Crippen LogP contribution in [-0.2, 0) is 11.2 Å². The molecule has 0 aliphatic heterocycles. The van der Waals surface area contributed by atoms with Gasteiger partial charge in [-0.25, -0.2) is 18.0 Å². The van der Waals surface area contributed by atoms with Gasteiger partial charge in [-0.15, -0.1) is 8.78 Å². The number of alkyl halides is 4. The van der Waals surface area contributed by atoms with E-state index in [1.165, 1.54) is 0 Å². The van der Waals surface area contributed by atoms with Gasteiger partial charge in [-0.05, 0) is 24.3 Å². The number of carbonyl (C=O) groups excluding carboxylic acids is 2. The lowest BCUT2D eigenvalue weighted by Crippen LogP contribution is -2.41. The number of nitrogens with one attached hydrogen (secondary N) is 1. The molecule has 0 aliphatic carbocycles. The number of halogens is 7. The van der Waals surface area contributed by atoms with E-state index in [1.54, 1.807) is 5.32 Å². The molecular weight excluding hydrogens is 445 g/mol. The summed E-state index contributed by atoms with van der Waals surface area (Å²) in [5, 5.41) is -3.27. The number of anilines is 1. The minimum Gasteiger partial charge on any atom is -0.607 e. The molecule has 0 bridgehead atoms. The lowest BCUT2D eigenvalue weighted by atomic mass is 10.2. The molecule has 0 heterocycles. The zero-order valence-electron chi connectivity index (χ0n) is 14.8. The Balaban J connectivity index is 2.20. The predicted octanol–water partition coefficient (Wildman–Crippen LogP) is 4.06. The van der Waals surface area contributed by atoms with Crippen molar-refractivity contribution in [2.24, 2.45) is 0 Å². The van der Waals surface area contributed by atoms with Crippen molar-refractivity contribution in [3.05, 3.63) is 59.4 Å². The van der Waals surface area contributed by atoms with Crippen molar-refractivity contribution in [1.82, 2.24) is 5.32 Å². The van der Waals surface area contributed by atoms with Gasteiger partial charge in [-0.2, -0.15) is 8.78 Å². The van der Waals surface area contributed by atoms with Gasteiger partial charge in [0.15, 0.2) is 22.3 Å². The number of amides is 3. The van der Waals surface area contributed by atoms with Gasteiger partial charge < -0.3 is 4.55 Å². The Morgan fingerprint density at radius 3 is 2.30 bits per heavy atom. The Bertz CT molecular complexity index is 974. The molecule has 0 radical (unpaired) electrons. The van der Waals surface area contributed by atoms with Crippen LogP contribution in [0, 0.1) is 17.5 Å². The number of hydrogen-bond acceptors (Lipinski definition) is 3. The molecule has 5 nitrogen and oxygen atoms in total. The largest absolute Gasteiger partial charge is 0.607 e. The molecule has 1 atom stereocenters. The topological polar surface area (TPSA) is 72.5 Å². The molecule has 0 aliphatic rings. The summed E-state index contributed by atoms with van der Waals surface area (Å²) < 4.78 is 103. The number of hydrogen-bond donors (Lipinski definition) is 1. The van der Waals surface area contributed by atoms with Gasteiger partial charge in [-0.1, -0.05) is 6.07 Å². The highest BCUT2D eigenvalue weighted by atomic mass is 32.2. The molecule has 2 aromatic rings. The first-order chi connectivity index (χ1) is 13.9. The van der Waals surface area contributed by atoms with Crippen molar-refractivity contribution in [2.45, 2.75) is 16.6 Å². The van der Waals surface area contributed by atoms with Crippen LogP contribution in [0.5, 0.6) is 0 Å². The van der Waals surface area contributed by atoms with Crippen molar-refractivity contribution < 1.29 is 44.9 Å².